The summed E-state index contributed by atoms with van der Waals surface area (Å²) in [5.41, 5.74) is 0. The zero-order chi connectivity index (χ0) is 11.1. The Kier molecular flexibility index (Phi) is 2.89. The van der Waals surface area contributed by atoms with Crippen molar-refractivity contribution in [2.75, 3.05) is 13.7 Å². The van der Waals surface area contributed by atoms with Crippen LogP contribution in [0.25, 0.3) is 0 Å². The molecule has 5 nitrogen and oxygen atoms in total. The van der Waals surface area contributed by atoms with E-state index in [9.17, 15) is 5.11 Å². The fourth-order valence-corrected chi connectivity index (χ4v) is 2.85. The Bertz CT molecular complexity index is 258. The fraction of sp³-hybridized carbons (Fsp3) is 1.00. The van der Waals surface area contributed by atoms with Crippen LogP contribution in [0.5, 0.6) is 0 Å². The number of aliphatic hydroxyl groups excluding tert-OH is 1. The normalized spacial score (nSPS) is 51.4. The zero-order valence-electron chi connectivity index (χ0n) is 9.46. The van der Waals surface area contributed by atoms with Crippen molar-refractivity contribution in [1.29, 1.82) is 0 Å². The van der Waals surface area contributed by atoms with Crippen molar-refractivity contribution in [3.63, 3.8) is 0 Å². The smallest absolute Gasteiger partial charge is 0.160 e. The van der Waals surface area contributed by atoms with Gasteiger partial charge in [0.2, 0.25) is 0 Å². The van der Waals surface area contributed by atoms with Crippen LogP contribution in [-0.4, -0.2) is 49.6 Å². The van der Waals surface area contributed by atoms with E-state index in [1.807, 2.05) is 0 Å². The minimum atomic E-state index is -0.575. The number of aliphatic hydroxyl groups is 1. The highest BCUT2D eigenvalue weighted by molar-refractivity contribution is 4.97. The molecule has 2 heterocycles. The van der Waals surface area contributed by atoms with Crippen molar-refractivity contribution in [3.8, 4) is 0 Å². The highest BCUT2D eigenvalue weighted by Gasteiger charge is 2.49. The molecule has 2 saturated heterocycles. The number of hydrogen-bond donors (Lipinski definition) is 2. The maximum absolute atomic E-state index is 9.50. The van der Waals surface area contributed by atoms with Crippen molar-refractivity contribution in [2.45, 2.75) is 50.0 Å². The first-order valence-electron chi connectivity index (χ1n) is 6.02. The molecule has 0 bridgehead atoms. The Morgan fingerprint density at radius 3 is 2.75 bits per heavy atom. The van der Waals surface area contributed by atoms with Gasteiger partial charge in [0.15, 0.2) is 6.29 Å². The highest BCUT2D eigenvalue weighted by Crippen LogP contribution is 2.40. The molecule has 2 aliphatic heterocycles. The second-order valence-corrected chi connectivity index (χ2v) is 4.90. The molecule has 0 spiro atoms. The van der Waals surface area contributed by atoms with Crippen LogP contribution in [0, 0.1) is 5.92 Å². The standard InChI is InChI=1S/C11H19NO4/c1-14-9-5-8-6(11(13)16-8)4-7(9)12-10-2-3-15-10/h6-13H,2-5H2,1H3. The average Bonchev–Trinajstić information content (AvgIpc) is 2.22. The van der Waals surface area contributed by atoms with E-state index in [0.29, 0.717) is 0 Å². The summed E-state index contributed by atoms with van der Waals surface area (Å²) >= 11 is 0. The van der Waals surface area contributed by atoms with E-state index in [-0.39, 0.29) is 30.4 Å². The van der Waals surface area contributed by atoms with E-state index in [2.05, 4.69) is 5.32 Å². The van der Waals surface area contributed by atoms with Crippen molar-refractivity contribution in [3.05, 3.63) is 0 Å². The monoisotopic (exact) mass is 229 g/mol. The summed E-state index contributed by atoms with van der Waals surface area (Å²) in [6, 6.07) is 0.273. The molecule has 1 saturated carbocycles. The summed E-state index contributed by atoms with van der Waals surface area (Å²) in [5.74, 6) is 0.268. The van der Waals surface area contributed by atoms with Crippen LogP contribution in [-0.2, 0) is 14.2 Å². The SMILES string of the molecule is COC1CC2OC(O)C2CC1NC1CCO1. The maximum Gasteiger partial charge on any atom is 0.160 e. The fourth-order valence-electron chi connectivity index (χ4n) is 2.85. The van der Waals surface area contributed by atoms with Gasteiger partial charge in [0.1, 0.15) is 6.23 Å². The first-order valence-corrected chi connectivity index (χ1v) is 6.02. The lowest BCUT2D eigenvalue weighted by atomic mass is 9.77. The lowest BCUT2D eigenvalue weighted by Crippen LogP contribution is -2.62. The maximum atomic E-state index is 9.50. The van der Waals surface area contributed by atoms with Gasteiger partial charge in [-0.05, 0) is 6.42 Å². The van der Waals surface area contributed by atoms with E-state index in [1.54, 1.807) is 7.11 Å². The molecule has 0 aromatic rings. The second kappa shape index (κ2) is 4.23. The molecule has 5 heteroatoms. The van der Waals surface area contributed by atoms with Crippen LogP contribution in [0.3, 0.4) is 0 Å². The molecule has 6 atom stereocenters. The summed E-state index contributed by atoms with van der Waals surface area (Å²) in [7, 11) is 1.73. The Balaban J connectivity index is 1.60. The van der Waals surface area contributed by atoms with Crippen LogP contribution in [0.4, 0.5) is 0 Å². The Morgan fingerprint density at radius 1 is 1.38 bits per heavy atom. The summed E-state index contributed by atoms with van der Waals surface area (Å²) in [5, 5.41) is 13.0. The number of ether oxygens (including phenoxy) is 3. The quantitative estimate of drug-likeness (QED) is 0.704. The van der Waals surface area contributed by atoms with Gasteiger partial charge in [-0.3, -0.25) is 5.32 Å². The van der Waals surface area contributed by atoms with Crippen molar-refractivity contribution in [2.24, 2.45) is 5.92 Å². The molecular formula is C11H19NO4. The molecule has 0 amide bonds. The molecule has 0 radical (unpaired) electrons. The molecule has 1 aliphatic carbocycles. The summed E-state index contributed by atoms with van der Waals surface area (Å²) in [6.45, 7) is 0.847. The van der Waals surface area contributed by atoms with Gasteiger partial charge in [-0.15, -0.1) is 0 Å². The van der Waals surface area contributed by atoms with E-state index < -0.39 is 6.29 Å². The van der Waals surface area contributed by atoms with Crippen LogP contribution in [0.2, 0.25) is 0 Å². The minimum absolute atomic E-state index is 0.165. The predicted octanol–water partition coefficient (Wildman–Crippen LogP) is -0.167. The Morgan fingerprint density at radius 2 is 2.19 bits per heavy atom. The topological polar surface area (TPSA) is 60.0 Å². The van der Waals surface area contributed by atoms with E-state index in [1.165, 1.54) is 0 Å². The molecule has 3 aliphatic rings. The summed E-state index contributed by atoms with van der Waals surface area (Å²) in [6.07, 6.45) is 2.79. The van der Waals surface area contributed by atoms with E-state index >= 15 is 0 Å². The number of rotatable bonds is 3. The molecule has 92 valence electrons. The lowest BCUT2D eigenvalue weighted by molar-refractivity contribution is -0.304. The van der Waals surface area contributed by atoms with E-state index in [4.69, 9.17) is 14.2 Å². The van der Waals surface area contributed by atoms with Gasteiger partial charge >= 0.3 is 0 Å². The number of hydrogen-bond acceptors (Lipinski definition) is 5. The largest absolute Gasteiger partial charge is 0.380 e. The summed E-state index contributed by atoms with van der Waals surface area (Å²) in [4.78, 5) is 0. The number of nitrogens with one attached hydrogen (secondary N) is 1. The molecule has 0 aromatic carbocycles. The van der Waals surface area contributed by atoms with Crippen molar-refractivity contribution >= 4 is 0 Å². The van der Waals surface area contributed by atoms with Gasteiger partial charge in [0.25, 0.3) is 0 Å². The third-order valence-corrected chi connectivity index (χ3v) is 4.00. The first-order chi connectivity index (χ1) is 7.78. The van der Waals surface area contributed by atoms with Crippen LogP contribution < -0.4 is 5.32 Å². The average molecular weight is 229 g/mol. The van der Waals surface area contributed by atoms with Crippen molar-refractivity contribution < 1.29 is 19.3 Å². The second-order valence-electron chi connectivity index (χ2n) is 4.90. The third kappa shape index (κ3) is 1.76. The van der Waals surface area contributed by atoms with E-state index in [0.717, 1.165) is 25.9 Å². The minimum Gasteiger partial charge on any atom is -0.380 e. The van der Waals surface area contributed by atoms with Gasteiger partial charge < -0.3 is 19.3 Å². The van der Waals surface area contributed by atoms with Crippen LogP contribution >= 0.6 is 0 Å². The van der Waals surface area contributed by atoms with Gasteiger partial charge in [-0.25, -0.2) is 0 Å². The molecule has 2 N–H and O–H groups in total. The van der Waals surface area contributed by atoms with Gasteiger partial charge in [0.05, 0.1) is 18.8 Å². The molecule has 0 aromatic heterocycles. The highest BCUT2D eigenvalue weighted by atomic mass is 16.6. The number of fused-ring (bicyclic) bond motifs is 1. The van der Waals surface area contributed by atoms with Crippen LogP contribution in [0.1, 0.15) is 19.3 Å². The molecular weight excluding hydrogens is 210 g/mol. The predicted molar refractivity (Wildman–Crippen MR) is 55.7 cm³/mol. The molecule has 3 fully saturated rings. The van der Waals surface area contributed by atoms with Gasteiger partial charge in [0, 0.05) is 31.9 Å². The summed E-state index contributed by atoms with van der Waals surface area (Å²) < 4.78 is 16.1. The van der Waals surface area contributed by atoms with Gasteiger partial charge in [-0.1, -0.05) is 0 Å². The van der Waals surface area contributed by atoms with Crippen molar-refractivity contribution in [1.82, 2.24) is 5.32 Å². The zero-order valence-corrected chi connectivity index (χ0v) is 9.46. The number of methoxy groups -OCH3 is 1. The van der Waals surface area contributed by atoms with Gasteiger partial charge in [-0.2, -0.15) is 0 Å². The van der Waals surface area contributed by atoms with Crippen LogP contribution in [0.15, 0.2) is 0 Å². The molecule has 6 unspecified atom stereocenters. The first kappa shape index (κ1) is 10.9. The molecule has 3 rings (SSSR count). The Hall–Kier alpha value is -0.200. The molecule has 16 heavy (non-hydrogen) atoms. The lowest BCUT2D eigenvalue weighted by Gasteiger charge is -2.50. The third-order valence-electron chi connectivity index (χ3n) is 4.00. The Labute approximate surface area is 95.1 Å².